The van der Waals surface area contributed by atoms with Crippen LogP contribution >= 0.6 is 11.6 Å². The number of aromatic amines is 1. The Morgan fingerprint density at radius 2 is 1.88 bits per heavy atom. The summed E-state index contributed by atoms with van der Waals surface area (Å²) in [5.74, 6) is -0.154. The molecule has 0 atom stereocenters. The van der Waals surface area contributed by atoms with Crippen LogP contribution in [0.1, 0.15) is 21.7 Å². The van der Waals surface area contributed by atoms with Crippen molar-refractivity contribution >= 4 is 46.3 Å². The van der Waals surface area contributed by atoms with Gasteiger partial charge in [-0.05, 0) is 53.6 Å². The normalized spacial score (nSPS) is 11.2. The number of nitrogen functional groups attached to an aromatic ring is 1. The molecule has 160 valence electrons. The Bertz CT molecular complexity index is 1330. The van der Waals surface area contributed by atoms with Gasteiger partial charge in [-0.15, -0.1) is 0 Å². The van der Waals surface area contributed by atoms with Gasteiger partial charge in [-0.2, -0.15) is 0 Å². The van der Waals surface area contributed by atoms with Gasteiger partial charge in [0.25, 0.3) is 5.82 Å². The molecule has 1 amide bonds. The molecule has 0 saturated heterocycles. The standard InChI is InChI=1S/C24H18ClN3O4/c25-20-11-17(15-3-5-16(6-4-15)24(30)31)9-18-10-19(32-23(18)20)13-28-22(29)8-2-14-1-7-21(26)27-12-14/h1-12H,13H2,(H2,26,27)(H,28,29)(H,30,31)/p+1. The highest BCUT2D eigenvalue weighted by molar-refractivity contribution is 6.35. The molecule has 0 aliphatic heterocycles. The van der Waals surface area contributed by atoms with E-state index < -0.39 is 5.97 Å². The van der Waals surface area contributed by atoms with Gasteiger partial charge in [-0.3, -0.25) is 10.5 Å². The molecule has 5 N–H and O–H groups in total. The monoisotopic (exact) mass is 448 g/mol. The fourth-order valence-corrected chi connectivity index (χ4v) is 3.45. The Balaban J connectivity index is 1.47. The smallest absolute Gasteiger partial charge is 0.335 e. The number of carboxylic acid groups (broad SMARTS) is 1. The number of rotatable bonds is 6. The minimum Gasteiger partial charge on any atom is -0.478 e. The largest absolute Gasteiger partial charge is 0.478 e. The Morgan fingerprint density at radius 3 is 2.56 bits per heavy atom. The number of fused-ring (bicyclic) bond motifs is 1. The molecule has 32 heavy (non-hydrogen) atoms. The number of aromatic nitrogens is 1. The third kappa shape index (κ3) is 4.79. The fourth-order valence-electron chi connectivity index (χ4n) is 3.18. The van der Waals surface area contributed by atoms with E-state index in [1.54, 1.807) is 54.7 Å². The molecule has 0 radical (unpaired) electrons. The second-order valence-corrected chi connectivity index (χ2v) is 7.51. The van der Waals surface area contributed by atoms with Crippen molar-refractivity contribution in [2.45, 2.75) is 6.54 Å². The minimum absolute atomic E-state index is 0.199. The number of nitrogens with one attached hydrogen (secondary N) is 2. The van der Waals surface area contributed by atoms with Crippen molar-refractivity contribution in [1.82, 2.24) is 5.32 Å². The van der Waals surface area contributed by atoms with Crippen molar-refractivity contribution in [3.63, 3.8) is 0 Å². The van der Waals surface area contributed by atoms with Crippen LogP contribution in [0.25, 0.3) is 28.2 Å². The van der Waals surface area contributed by atoms with Crippen LogP contribution < -0.4 is 16.0 Å². The maximum Gasteiger partial charge on any atom is 0.335 e. The Hall–Kier alpha value is -4.10. The molecule has 0 saturated carbocycles. The number of benzene rings is 2. The quantitative estimate of drug-likeness (QED) is 0.382. The number of hydrogen-bond donors (Lipinski definition) is 3. The zero-order chi connectivity index (χ0) is 22.7. The van der Waals surface area contributed by atoms with E-state index in [0.717, 1.165) is 22.1 Å². The maximum atomic E-state index is 12.1. The number of hydrogen-bond acceptors (Lipinski definition) is 4. The summed E-state index contributed by atoms with van der Waals surface area (Å²) < 4.78 is 5.80. The first-order valence-electron chi connectivity index (χ1n) is 9.68. The van der Waals surface area contributed by atoms with Gasteiger partial charge < -0.3 is 14.8 Å². The van der Waals surface area contributed by atoms with E-state index in [9.17, 15) is 9.59 Å². The predicted octanol–water partition coefficient (Wildman–Crippen LogP) is 4.18. The predicted molar refractivity (Wildman–Crippen MR) is 122 cm³/mol. The number of carbonyl (C=O) groups excluding carboxylic acids is 1. The van der Waals surface area contributed by atoms with Crippen molar-refractivity contribution in [3.8, 4) is 11.1 Å². The van der Waals surface area contributed by atoms with E-state index in [2.05, 4.69) is 10.3 Å². The molecule has 4 rings (SSSR count). The van der Waals surface area contributed by atoms with Crippen molar-refractivity contribution in [3.05, 3.63) is 88.8 Å². The van der Waals surface area contributed by atoms with Crippen LogP contribution in [0.2, 0.25) is 5.02 Å². The van der Waals surface area contributed by atoms with Crippen molar-refractivity contribution in [2.75, 3.05) is 5.73 Å². The molecule has 0 aliphatic rings. The van der Waals surface area contributed by atoms with E-state index >= 15 is 0 Å². The number of carbonyl (C=O) groups is 2. The highest BCUT2D eigenvalue weighted by Crippen LogP contribution is 2.33. The first-order valence-corrected chi connectivity index (χ1v) is 10.1. The summed E-state index contributed by atoms with van der Waals surface area (Å²) in [6.07, 6.45) is 4.80. The van der Waals surface area contributed by atoms with Crippen LogP contribution in [0.4, 0.5) is 5.82 Å². The third-order valence-electron chi connectivity index (χ3n) is 4.81. The molecule has 0 fully saturated rings. The van der Waals surface area contributed by atoms with Gasteiger partial charge in [0, 0.05) is 23.1 Å². The number of amides is 1. The summed E-state index contributed by atoms with van der Waals surface area (Å²) in [6.45, 7) is 0.199. The van der Waals surface area contributed by atoms with Gasteiger partial charge >= 0.3 is 5.97 Å². The lowest BCUT2D eigenvalue weighted by Gasteiger charge is -2.04. The van der Waals surface area contributed by atoms with Crippen molar-refractivity contribution in [1.29, 1.82) is 0 Å². The molecular formula is C24H19ClN3O4+. The summed E-state index contributed by atoms with van der Waals surface area (Å²) >= 11 is 6.40. The lowest BCUT2D eigenvalue weighted by molar-refractivity contribution is -0.360. The van der Waals surface area contributed by atoms with Crippen LogP contribution in [0.5, 0.6) is 0 Å². The highest BCUT2D eigenvalue weighted by atomic mass is 35.5. The van der Waals surface area contributed by atoms with Crippen molar-refractivity contribution < 1.29 is 24.1 Å². The first-order chi connectivity index (χ1) is 15.4. The van der Waals surface area contributed by atoms with E-state index in [1.165, 1.54) is 6.08 Å². The second kappa shape index (κ2) is 8.95. The summed E-state index contributed by atoms with van der Waals surface area (Å²) in [4.78, 5) is 26.0. The molecule has 0 unspecified atom stereocenters. The summed E-state index contributed by atoms with van der Waals surface area (Å²) in [5.41, 5.74) is 8.81. The molecule has 0 bridgehead atoms. The summed E-state index contributed by atoms with van der Waals surface area (Å²) in [5, 5.41) is 13.0. The van der Waals surface area contributed by atoms with Gasteiger partial charge in [-0.25, -0.2) is 9.78 Å². The zero-order valence-electron chi connectivity index (χ0n) is 16.8. The third-order valence-corrected chi connectivity index (χ3v) is 5.09. The van der Waals surface area contributed by atoms with E-state index in [-0.39, 0.29) is 18.0 Å². The van der Waals surface area contributed by atoms with Crippen LogP contribution in [0.15, 0.2) is 71.3 Å². The number of H-pyrrole nitrogens is 1. The lowest BCUT2D eigenvalue weighted by Crippen LogP contribution is -2.19. The highest BCUT2D eigenvalue weighted by Gasteiger charge is 2.12. The van der Waals surface area contributed by atoms with Crippen LogP contribution in [-0.4, -0.2) is 17.0 Å². The number of pyridine rings is 1. The Labute approximate surface area is 188 Å². The molecule has 0 aliphatic carbocycles. The lowest BCUT2D eigenvalue weighted by atomic mass is 10.0. The molecule has 2 aromatic carbocycles. The first kappa shape index (κ1) is 21.1. The number of carboxylic acids is 1. The Morgan fingerprint density at radius 1 is 1.09 bits per heavy atom. The SMILES string of the molecule is Nc1ccc(C=CC(=O)NCc2cc3cc(-c4ccc(C(=O)O)cc4)cc(Cl)c3o2)c[nH+]1. The average Bonchev–Trinajstić information content (AvgIpc) is 3.21. The van der Waals surface area contributed by atoms with Crippen LogP contribution in [0.3, 0.4) is 0 Å². The maximum absolute atomic E-state index is 12.1. The van der Waals surface area contributed by atoms with Gasteiger partial charge in [0.15, 0.2) is 5.58 Å². The van der Waals surface area contributed by atoms with E-state index in [0.29, 0.717) is 22.2 Å². The van der Waals surface area contributed by atoms with E-state index in [1.807, 2.05) is 12.1 Å². The Kier molecular flexibility index (Phi) is 5.91. The topological polar surface area (TPSA) is 120 Å². The summed E-state index contributed by atoms with van der Waals surface area (Å²) in [7, 11) is 0. The van der Waals surface area contributed by atoms with Gasteiger partial charge in [0.1, 0.15) is 5.76 Å². The number of anilines is 1. The second-order valence-electron chi connectivity index (χ2n) is 7.10. The molecular weight excluding hydrogens is 430 g/mol. The van der Waals surface area contributed by atoms with Gasteiger partial charge in [0.05, 0.1) is 23.3 Å². The summed E-state index contributed by atoms with van der Waals surface area (Å²) in [6, 6.07) is 15.5. The molecule has 2 heterocycles. The fraction of sp³-hybridized carbons (Fsp3) is 0.0417. The minimum atomic E-state index is -0.979. The van der Waals surface area contributed by atoms with E-state index in [4.69, 9.17) is 26.9 Å². The van der Waals surface area contributed by atoms with Crippen LogP contribution in [-0.2, 0) is 11.3 Å². The number of furan rings is 1. The average molecular weight is 449 g/mol. The molecule has 2 aromatic heterocycles. The zero-order valence-corrected chi connectivity index (χ0v) is 17.5. The van der Waals surface area contributed by atoms with Crippen molar-refractivity contribution in [2.24, 2.45) is 0 Å². The molecule has 4 aromatic rings. The molecule has 8 heteroatoms. The van der Waals surface area contributed by atoms with Crippen LogP contribution in [0, 0.1) is 0 Å². The van der Waals surface area contributed by atoms with Gasteiger partial charge in [-0.1, -0.05) is 23.7 Å². The molecule has 7 nitrogen and oxygen atoms in total. The number of aromatic carboxylic acids is 1. The molecule has 0 spiro atoms. The number of nitrogens with two attached hydrogens (primary N) is 1. The van der Waals surface area contributed by atoms with Gasteiger partial charge in [0.2, 0.25) is 5.91 Å². The number of halogens is 1.